The lowest BCUT2D eigenvalue weighted by Gasteiger charge is -2.04. The summed E-state index contributed by atoms with van der Waals surface area (Å²) in [4.78, 5) is 15.2. The van der Waals surface area contributed by atoms with E-state index in [1.54, 1.807) is 6.07 Å². The SMILES string of the molecule is O=Cc1ccc2ncc(-c3ccc(Cl)cc3)cc2c1. The van der Waals surface area contributed by atoms with Crippen LogP contribution in [0.4, 0.5) is 0 Å². The van der Waals surface area contributed by atoms with Gasteiger partial charge in [-0.15, -0.1) is 0 Å². The van der Waals surface area contributed by atoms with E-state index in [9.17, 15) is 4.79 Å². The van der Waals surface area contributed by atoms with Gasteiger partial charge in [-0.1, -0.05) is 23.7 Å². The molecule has 0 fully saturated rings. The molecule has 1 heterocycles. The Morgan fingerprint density at radius 3 is 2.47 bits per heavy atom. The predicted octanol–water partition coefficient (Wildman–Crippen LogP) is 4.37. The molecule has 0 unspecified atom stereocenters. The van der Waals surface area contributed by atoms with E-state index >= 15 is 0 Å². The van der Waals surface area contributed by atoms with Crippen LogP contribution in [0.2, 0.25) is 5.02 Å². The van der Waals surface area contributed by atoms with Crippen molar-refractivity contribution in [1.29, 1.82) is 0 Å². The molecule has 2 nitrogen and oxygen atoms in total. The summed E-state index contributed by atoms with van der Waals surface area (Å²) in [6.07, 6.45) is 2.67. The number of fused-ring (bicyclic) bond motifs is 1. The van der Waals surface area contributed by atoms with Crippen molar-refractivity contribution in [2.75, 3.05) is 0 Å². The van der Waals surface area contributed by atoms with Crippen LogP contribution in [0.15, 0.2) is 54.7 Å². The maximum Gasteiger partial charge on any atom is 0.150 e. The van der Waals surface area contributed by atoms with Crippen molar-refractivity contribution in [2.45, 2.75) is 0 Å². The maximum absolute atomic E-state index is 10.8. The standard InChI is InChI=1S/C16H10ClNO/c17-15-4-2-12(3-5-15)14-8-13-7-11(10-19)1-6-16(13)18-9-14/h1-10H. The third kappa shape index (κ3) is 2.35. The molecular formula is C16H10ClNO. The van der Waals surface area contributed by atoms with Crippen molar-refractivity contribution < 1.29 is 4.79 Å². The van der Waals surface area contributed by atoms with Gasteiger partial charge in [-0.3, -0.25) is 9.78 Å². The van der Waals surface area contributed by atoms with Crippen LogP contribution in [0, 0.1) is 0 Å². The fraction of sp³-hybridized carbons (Fsp3) is 0. The quantitative estimate of drug-likeness (QED) is 0.646. The second-order valence-corrected chi connectivity index (χ2v) is 4.74. The molecule has 92 valence electrons. The first-order valence-corrected chi connectivity index (χ1v) is 6.25. The molecule has 19 heavy (non-hydrogen) atoms. The molecule has 0 N–H and O–H groups in total. The second-order valence-electron chi connectivity index (χ2n) is 4.30. The molecule has 0 saturated heterocycles. The minimum atomic E-state index is 0.655. The number of aldehydes is 1. The monoisotopic (exact) mass is 267 g/mol. The zero-order valence-corrected chi connectivity index (χ0v) is 10.8. The van der Waals surface area contributed by atoms with Gasteiger partial charge in [0.2, 0.25) is 0 Å². The second kappa shape index (κ2) is 4.82. The molecular weight excluding hydrogens is 258 g/mol. The average molecular weight is 268 g/mol. The number of rotatable bonds is 2. The third-order valence-corrected chi connectivity index (χ3v) is 3.27. The Balaban J connectivity index is 2.14. The molecule has 3 heteroatoms. The minimum absolute atomic E-state index is 0.655. The van der Waals surface area contributed by atoms with Crippen LogP contribution in [0.1, 0.15) is 10.4 Å². The Hall–Kier alpha value is -2.19. The van der Waals surface area contributed by atoms with Gasteiger partial charge in [0.15, 0.2) is 0 Å². The molecule has 3 rings (SSSR count). The fourth-order valence-corrected chi connectivity index (χ4v) is 2.15. The van der Waals surface area contributed by atoms with Crippen molar-refractivity contribution in [2.24, 2.45) is 0 Å². The van der Waals surface area contributed by atoms with Gasteiger partial charge in [-0.25, -0.2) is 0 Å². The summed E-state index contributed by atoms with van der Waals surface area (Å²) in [6.45, 7) is 0. The Morgan fingerprint density at radius 2 is 1.74 bits per heavy atom. The lowest BCUT2D eigenvalue weighted by Crippen LogP contribution is -1.85. The van der Waals surface area contributed by atoms with Crippen LogP contribution < -0.4 is 0 Å². The molecule has 0 radical (unpaired) electrons. The number of aromatic nitrogens is 1. The van der Waals surface area contributed by atoms with E-state index in [-0.39, 0.29) is 0 Å². The zero-order valence-electron chi connectivity index (χ0n) is 10.0. The van der Waals surface area contributed by atoms with E-state index in [1.165, 1.54) is 0 Å². The van der Waals surface area contributed by atoms with Crippen LogP contribution in [-0.2, 0) is 0 Å². The molecule has 0 aliphatic heterocycles. The van der Waals surface area contributed by atoms with Gasteiger partial charge in [-0.2, -0.15) is 0 Å². The Bertz CT molecular complexity index is 750. The molecule has 1 aromatic heterocycles. The number of carbonyl (C=O) groups is 1. The summed E-state index contributed by atoms with van der Waals surface area (Å²) in [6, 6.07) is 15.1. The Labute approximate surface area is 115 Å². The predicted molar refractivity (Wildman–Crippen MR) is 77.6 cm³/mol. The van der Waals surface area contributed by atoms with Gasteiger partial charge in [0.25, 0.3) is 0 Å². The highest BCUT2D eigenvalue weighted by molar-refractivity contribution is 6.30. The van der Waals surface area contributed by atoms with Crippen molar-refractivity contribution >= 4 is 28.8 Å². The van der Waals surface area contributed by atoms with Gasteiger partial charge >= 0.3 is 0 Å². The van der Waals surface area contributed by atoms with E-state index in [0.717, 1.165) is 28.3 Å². The third-order valence-electron chi connectivity index (χ3n) is 3.02. The fourth-order valence-electron chi connectivity index (χ4n) is 2.02. The maximum atomic E-state index is 10.8. The number of pyridine rings is 1. The number of hydrogen-bond acceptors (Lipinski definition) is 2. The summed E-state index contributed by atoms with van der Waals surface area (Å²) in [5, 5.41) is 1.66. The molecule has 3 aromatic rings. The topological polar surface area (TPSA) is 30.0 Å². The van der Waals surface area contributed by atoms with E-state index in [0.29, 0.717) is 10.6 Å². The van der Waals surface area contributed by atoms with Crippen molar-refractivity contribution in [1.82, 2.24) is 4.98 Å². The van der Waals surface area contributed by atoms with Gasteiger partial charge in [-0.05, 0) is 42.0 Å². The normalized spacial score (nSPS) is 10.6. The van der Waals surface area contributed by atoms with Crippen molar-refractivity contribution in [3.05, 3.63) is 65.3 Å². The van der Waals surface area contributed by atoms with Gasteiger partial charge < -0.3 is 0 Å². The van der Waals surface area contributed by atoms with Crippen molar-refractivity contribution in [3.63, 3.8) is 0 Å². The van der Waals surface area contributed by atoms with E-state index in [2.05, 4.69) is 4.98 Å². The molecule has 0 bridgehead atoms. The lowest BCUT2D eigenvalue weighted by molar-refractivity contribution is 0.112. The van der Waals surface area contributed by atoms with Crippen LogP contribution in [-0.4, -0.2) is 11.3 Å². The van der Waals surface area contributed by atoms with Crippen LogP contribution in [0.5, 0.6) is 0 Å². The van der Waals surface area contributed by atoms with Gasteiger partial charge in [0, 0.05) is 27.7 Å². The van der Waals surface area contributed by atoms with E-state index in [1.807, 2.05) is 48.7 Å². The Morgan fingerprint density at radius 1 is 0.947 bits per heavy atom. The molecule has 0 amide bonds. The minimum Gasteiger partial charge on any atom is -0.298 e. The molecule has 0 aliphatic rings. The smallest absolute Gasteiger partial charge is 0.150 e. The van der Waals surface area contributed by atoms with Crippen molar-refractivity contribution in [3.8, 4) is 11.1 Å². The highest BCUT2D eigenvalue weighted by Gasteiger charge is 2.02. The summed E-state index contributed by atoms with van der Waals surface area (Å²) >= 11 is 5.88. The van der Waals surface area contributed by atoms with Crippen LogP contribution >= 0.6 is 11.6 Å². The zero-order chi connectivity index (χ0) is 13.2. The first-order chi connectivity index (χ1) is 9.26. The number of carbonyl (C=O) groups excluding carboxylic acids is 1. The number of hydrogen-bond donors (Lipinski definition) is 0. The molecule has 0 spiro atoms. The van der Waals surface area contributed by atoms with Crippen LogP contribution in [0.3, 0.4) is 0 Å². The summed E-state index contributed by atoms with van der Waals surface area (Å²) < 4.78 is 0. The molecule has 0 aliphatic carbocycles. The number of benzene rings is 2. The number of halogens is 1. The number of nitrogens with zero attached hydrogens (tertiary/aromatic N) is 1. The first kappa shape index (κ1) is 11.9. The molecule has 0 atom stereocenters. The molecule has 0 saturated carbocycles. The highest BCUT2D eigenvalue weighted by Crippen LogP contribution is 2.24. The molecule has 2 aromatic carbocycles. The van der Waals surface area contributed by atoms with Gasteiger partial charge in [0.1, 0.15) is 6.29 Å². The highest BCUT2D eigenvalue weighted by atomic mass is 35.5. The van der Waals surface area contributed by atoms with Crippen LogP contribution in [0.25, 0.3) is 22.0 Å². The summed E-state index contributed by atoms with van der Waals surface area (Å²) in [5.74, 6) is 0. The lowest BCUT2D eigenvalue weighted by atomic mass is 10.0. The first-order valence-electron chi connectivity index (χ1n) is 5.87. The van der Waals surface area contributed by atoms with Gasteiger partial charge in [0.05, 0.1) is 5.52 Å². The summed E-state index contributed by atoms with van der Waals surface area (Å²) in [7, 11) is 0. The van der Waals surface area contributed by atoms with E-state index in [4.69, 9.17) is 11.6 Å². The summed E-state index contributed by atoms with van der Waals surface area (Å²) in [5.41, 5.74) is 3.59. The van der Waals surface area contributed by atoms with E-state index < -0.39 is 0 Å². The average Bonchev–Trinajstić information content (AvgIpc) is 2.47. The Kier molecular flexibility index (Phi) is 3.02. The largest absolute Gasteiger partial charge is 0.298 e.